The largest absolute Gasteiger partial charge is 0.453 e. The molecule has 4 N–H and O–H groups in total. The Morgan fingerprint density at radius 2 is 1.62 bits per heavy atom. The number of hydrogen-bond acceptors (Lipinski definition) is 6. The molecule has 0 saturated carbocycles. The fourth-order valence-corrected chi connectivity index (χ4v) is 5.96. The second-order valence-corrected chi connectivity index (χ2v) is 12.3. The SMILES string of the molecule is CCC.CCCN(Cc1ncc(-c2cc(F)c(-c3ccc(-c4cnc(C5CCCN5)[nH]4)cc3)c(-c3ccccc3)c2)[nH]1)C(=O)CNC(=O)OC. The van der Waals surface area contributed by atoms with E-state index in [4.69, 9.17) is 0 Å². The third-order valence-corrected chi connectivity index (χ3v) is 8.34. The number of aromatic nitrogens is 4. The molecule has 0 spiro atoms. The lowest BCUT2D eigenvalue weighted by molar-refractivity contribution is -0.130. The van der Waals surface area contributed by atoms with Crippen molar-refractivity contribution in [2.24, 2.45) is 0 Å². The van der Waals surface area contributed by atoms with E-state index in [0.717, 1.165) is 59.6 Å². The Bertz CT molecular complexity index is 1850. The van der Waals surface area contributed by atoms with Crippen LogP contribution >= 0.6 is 0 Å². The maximum atomic E-state index is 16.2. The van der Waals surface area contributed by atoms with E-state index < -0.39 is 6.09 Å². The molecule has 5 aromatic rings. The minimum absolute atomic E-state index is 0.185. The fourth-order valence-electron chi connectivity index (χ4n) is 5.96. The highest BCUT2D eigenvalue weighted by Gasteiger charge is 2.21. The highest BCUT2D eigenvalue weighted by molar-refractivity contribution is 5.88. The summed E-state index contributed by atoms with van der Waals surface area (Å²) in [5.41, 5.74) is 6.05. The van der Waals surface area contributed by atoms with E-state index in [9.17, 15) is 9.59 Å². The van der Waals surface area contributed by atoms with Crippen LogP contribution in [0.2, 0.25) is 0 Å². The van der Waals surface area contributed by atoms with Crippen LogP contribution in [0.25, 0.3) is 44.8 Å². The molecule has 0 bridgehead atoms. The van der Waals surface area contributed by atoms with Gasteiger partial charge in [0.15, 0.2) is 0 Å². The van der Waals surface area contributed by atoms with Gasteiger partial charge in [0.2, 0.25) is 5.91 Å². The minimum atomic E-state index is -0.672. The predicted octanol–water partition coefficient (Wildman–Crippen LogP) is 7.88. The maximum absolute atomic E-state index is 16.2. The first-order valence-electron chi connectivity index (χ1n) is 17.3. The van der Waals surface area contributed by atoms with Crippen molar-refractivity contribution in [2.75, 3.05) is 26.7 Å². The van der Waals surface area contributed by atoms with Crippen LogP contribution in [0.1, 0.15) is 64.1 Å². The van der Waals surface area contributed by atoms with Crippen LogP contribution in [0.15, 0.2) is 79.1 Å². The zero-order chi connectivity index (χ0) is 35.5. The first-order valence-corrected chi connectivity index (χ1v) is 17.3. The smallest absolute Gasteiger partial charge is 0.407 e. The van der Waals surface area contributed by atoms with Crippen molar-refractivity contribution in [1.29, 1.82) is 0 Å². The monoisotopic (exact) mass is 679 g/mol. The van der Waals surface area contributed by atoms with Gasteiger partial charge >= 0.3 is 6.09 Å². The number of methoxy groups -OCH3 is 1. The van der Waals surface area contributed by atoms with Gasteiger partial charge in [0.25, 0.3) is 0 Å². The number of rotatable bonds is 11. The fraction of sp³-hybridized carbons (Fsp3) is 0.333. The number of nitrogens with zero attached hydrogens (tertiary/aromatic N) is 3. The van der Waals surface area contributed by atoms with Gasteiger partial charge in [-0.05, 0) is 60.2 Å². The van der Waals surface area contributed by atoms with E-state index >= 15 is 4.39 Å². The number of carbonyl (C=O) groups excluding carboxylic acids is 2. The quantitative estimate of drug-likeness (QED) is 0.113. The van der Waals surface area contributed by atoms with Crippen molar-refractivity contribution < 1.29 is 18.7 Å². The molecule has 6 rings (SSSR count). The molecule has 262 valence electrons. The Kier molecular flexibility index (Phi) is 12.5. The number of H-pyrrole nitrogens is 2. The lowest BCUT2D eigenvalue weighted by Gasteiger charge is -2.21. The van der Waals surface area contributed by atoms with Crippen molar-refractivity contribution in [3.8, 4) is 44.8 Å². The molecule has 1 fully saturated rings. The van der Waals surface area contributed by atoms with Crippen LogP contribution in [0, 0.1) is 5.82 Å². The molecule has 3 heterocycles. The number of hydrogen-bond donors (Lipinski definition) is 4. The third-order valence-electron chi connectivity index (χ3n) is 8.34. The summed E-state index contributed by atoms with van der Waals surface area (Å²) in [6.45, 7) is 7.73. The van der Waals surface area contributed by atoms with Gasteiger partial charge in [-0.3, -0.25) is 4.79 Å². The number of alkyl carbamates (subject to hydrolysis) is 1. The highest BCUT2D eigenvalue weighted by Crippen LogP contribution is 2.38. The lowest BCUT2D eigenvalue weighted by Crippen LogP contribution is -2.40. The number of nitrogens with one attached hydrogen (secondary N) is 4. The molecule has 2 amide bonds. The Morgan fingerprint density at radius 1 is 0.920 bits per heavy atom. The van der Waals surface area contributed by atoms with Gasteiger partial charge in [-0.1, -0.05) is 81.8 Å². The van der Waals surface area contributed by atoms with Crippen LogP contribution in [0.3, 0.4) is 0 Å². The summed E-state index contributed by atoms with van der Waals surface area (Å²) in [5.74, 6) is 0.864. The van der Waals surface area contributed by atoms with Gasteiger partial charge in [0.1, 0.15) is 24.0 Å². The Morgan fingerprint density at radius 3 is 2.30 bits per heavy atom. The zero-order valence-electron chi connectivity index (χ0n) is 29.2. The molecule has 3 aromatic carbocycles. The number of ether oxygens (including phenoxy) is 1. The number of aromatic amines is 2. The van der Waals surface area contributed by atoms with Crippen molar-refractivity contribution >= 4 is 12.0 Å². The van der Waals surface area contributed by atoms with E-state index in [1.165, 1.54) is 19.6 Å². The molecule has 0 radical (unpaired) electrons. The Labute approximate surface area is 292 Å². The van der Waals surface area contributed by atoms with Crippen LogP contribution in [0.5, 0.6) is 0 Å². The number of benzene rings is 3. The first-order chi connectivity index (χ1) is 24.3. The van der Waals surface area contributed by atoms with Gasteiger partial charge in [-0.15, -0.1) is 0 Å². The molecule has 0 aliphatic carbocycles. The van der Waals surface area contributed by atoms with Crippen LogP contribution < -0.4 is 10.6 Å². The molecule has 1 aliphatic rings. The van der Waals surface area contributed by atoms with E-state index in [-0.39, 0.29) is 30.9 Å². The summed E-state index contributed by atoms with van der Waals surface area (Å²) in [6, 6.07) is 21.3. The van der Waals surface area contributed by atoms with E-state index in [1.807, 2.05) is 73.8 Å². The molecule has 50 heavy (non-hydrogen) atoms. The Hall–Kier alpha value is -5.29. The van der Waals surface area contributed by atoms with E-state index in [2.05, 4.69) is 49.2 Å². The molecule has 1 saturated heterocycles. The minimum Gasteiger partial charge on any atom is -0.453 e. The molecule has 1 unspecified atom stereocenters. The number of amides is 2. The number of carbonyl (C=O) groups is 2. The van der Waals surface area contributed by atoms with Gasteiger partial charge in [0.05, 0.1) is 43.5 Å². The molecule has 1 atom stereocenters. The zero-order valence-corrected chi connectivity index (χ0v) is 29.2. The summed E-state index contributed by atoms with van der Waals surface area (Å²) < 4.78 is 20.8. The second kappa shape index (κ2) is 17.4. The van der Waals surface area contributed by atoms with Crippen molar-refractivity contribution in [3.63, 3.8) is 0 Å². The topological polar surface area (TPSA) is 128 Å². The summed E-state index contributed by atoms with van der Waals surface area (Å²) in [7, 11) is 1.24. The molecule has 10 nitrogen and oxygen atoms in total. The molecule has 11 heteroatoms. The molecular weight excluding hydrogens is 633 g/mol. The van der Waals surface area contributed by atoms with E-state index in [1.54, 1.807) is 11.1 Å². The van der Waals surface area contributed by atoms with Gasteiger partial charge < -0.3 is 30.2 Å². The average Bonchev–Trinajstić information content (AvgIpc) is 3.94. The van der Waals surface area contributed by atoms with E-state index in [0.29, 0.717) is 29.2 Å². The first kappa shape index (κ1) is 36.0. The molecular formula is C39H46FN7O3. The van der Waals surface area contributed by atoms with Gasteiger partial charge in [0, 0.05) is 17.7 Å². The highest BCUT2D eigenvalue weighted by atomic mass is 19.1. The van der Waals surface area contributed by atoms with Crippen LogP contribution in [-0.4, -0.2) is 63.6 Å². The second-order valence-electron chi connectivity index (χ2n) is 12.3. The lowest BCUT2D eigenvalue weighted by atomic mass is 9.91. The van der Waals surface area contributed by atoms with Crippen molar-refractivity contribution in [1.82, 2.24) is 35.5 Å². The maximum Gasteiger partial charge on any atom is 0.407 e. The number of halogens is 1. The Balaban J connectivity index is 0.00000156. The molecule has 1 aliphatic heterocycles. The summed E-state index contributed by atoms with van der Waals surface area (Å²) >= 11 is 0. The summed E-state index contributed by atoms with van der Waals surface area (Å²) in [5, 5.41) is 5.89. The van der Waals surface area contributed by atoms with Gasteiger partial charge in [-0.2, -0.15) is 0 Å². The van der Waals surface area contributed by atoms with Crippen molar-refractivity contribution in [3.05, 3.63) is 96.6 Å². The van der Waals surface area contributed by atoms with Crippen molar-refractivity contribution in [2.45, 2.75) is 59.0 Å². The summed E-state index contributed by atoms with van der Waals surface area (Å²) in [6.07, 6.45) is 7.01. The normalized spacial score (nSPS) is 13.7. The standard InChI is InChI=1S/C36H38FN7O3.C3H8/c1-3-16-44(33(45)21-41-36(46)47-2)22-32-39-19-31(42-32)26-17-27(23-8-5-4-6-9-23)34(28(37)18-26)25-13-11-24(12-14-25)30-20-40-35(43-30)29-10-7-15-38-29;1-3-2/h4-6,8-9,11-14,17-20,29,38H,3,7,10,15-16,21-22H2,1-2H3,(H,39,42)(H,40,43)(H,41,46);3H2,1-2H3. The molecule has 2 aromatic heterocycles. The van der Waals surface area contributed by atoms with Crippen LogP contribution in [-0.2, 0) is 16.1 Å². The van der Waals surface area contributed by atoms with Gasteiger partial charge in [-0.25, -0.2) is 19.2 Å². The van der Waals surface area contributed by atoms with Crippen LogP contribution in [0.4, 0.5) is 9.18 Å². The summed E-state index contributed by atoms with van der Waals surface area (Å²) in [4.78, 5) is 41.6. The average molecular weight is 680 g/mol. The number of imidazole rings is 2. The third kappa shape index (κ3) is 8.83. The predicted molar refractivity (Wildman–Crippen MR) is 194 cm³/mol.